The zero-order valence-corrected chi connectivity index (χ0v) is 15.6. The van der Waals surface area contributed by atoms with Crippen LogP contribution < -0.4 is 0 Å². The summed E-state index contributed by atoms with van der Waals surface area (Å²) in [6.07, 6.45) is 2.50. The van der Waals surface area contributed by atoms with E-state index in [9.17, 15) is 12.8 Å². The monoisotopic (exact) mass is 386 g/mol. The molecule has 8 heteroatoms. The first-order chi connectivity index (χ1) is 12.9. The summed E-state index contributed by atoms with van der Waals surface area (Å²) < 4.78 is 42.3. The Hall–Kier alpha value is -2.58. The number of nitrogens with zero attached hydrogens (tertiary/aromatic N) is 4. The van der Waals surface area contributed by atoms with Crippen LogP contribution in [-0.4, -0.2) is 40.8 Å². The predicted octanol–water partition coefficient (Wildman–Crippen LogP) is 3.03. The Bertz CT molecular complexity index is 1070. The summed E-state index contributed by atoms with van der Waals surface area (Å²) in [6, 6.07) is 13.4. The maximum Gasteiger partial charge on any atom is 0.243 e. The number of benzene rings is 2. The number of hydrogen-bond acceptors (Lipinski definition) is 4. The Labute approximate surface area is 157 Å². The quantitative estimate of drug-likeness (QED) is 0.691. The summed E-state index contributed by atoms with van der Waals surface area (Å²) in [6.45, 7) is 2.31. The second-order valence-electron chi connectivity index (χ2n) is 6.67. The molecule has 1 saturated heterocycles. The molecule has 1 atom stereocenters. The molecule has 1 unspecified atom stereocenters. The van der Waals surface area contributed by atoms with E-state index < -0.39 is 15.8 Å². The van der Waals surface area contributed by atoms with Gasteiger partial charge >= 0.3 is 0 Å². The topological polar surface area (TPSA) is 68.1 Å². The molecule has 0 spiro atoms. The molecule has 3 aromatic rings. The standard InChI is InChI=1S/C19H19FN4O2S/c1-14-11-16(20)7-8-19(14)27(25,26)23-10-9-17(12-23)24-13-18(21-22-24)15-5-3-2-4-6-15/h2-8,11,13,17H,9-10,12H2,1H3. The van der Waals surface area contributed by atoms with Gasteiger partial charge in [-0.15, -0.1) is 5.10 Å². The van der Waals surface area contributed by atoms with Crippen molar-refractivity contribution < 1.29 is 12.8 Å². The molecular formula is C19H19FN4O2S. The van der Waals surface area contributed by atoms with E-state index in [1.807, 2.05) is 36.5 Å². The molecule has 0 bridgehead atoms. The second-order valence-corrected chi connectivity index (χ2v) is 8.57. The summed E-state index contributed by atoms with van der Waals surface area (Å²) in [5.41, 5.74) is 2.13. The zero-order valence-electron chi connectivity index (χ0n) is 14.8. The smallest absolute Gasteiger partial charge is 0.243 e. The summed E-state index contributed by atoms with van der Waals surface area (Å²) in [5, 5.41) is 8.39. The number of sulfonamides is 1. The average Bonchev–Trinajstić information content (AvgIpc) is 3.32. The molecular weight excluding hydrogens is 367 g/mol. The van der Waals surface area contributed by atoms with E-state index in [0.717, 1.165) is 11.3 Å². The highest BCUT2D eigenvalue weighted by molar-refractivity contribution is 7.89. The fraction of sp³-hybridized carbons (Fsp3) is 0.263. The Balaban J connectivity index is 1.54. The molecule has 4 rings (SSSR count). The van der Waals surface area contributed by atoms with Crippen molar-refractivity contribution in [1.29, 1.82) is 0 Å². The molecule has 0 saturated carbocycles. The molecule has 1 aromatic heterocycles. The Morgan fingerprint density at radius 1 is 1.15 bits per heavy atom. The minimum atomic E-state index is -3.67. The minimum Gasteiger partial charge on any atom is -0.247 e. The third kappa shape index (κ3) is 3.38. The number of aromatic nitrogens is 3. The minimum absolute atomic E-state index is 0.0782. The van der Waals surface area contributed by atoms with Crippen LogP contribution in [0.1, 0.15) is 18.0 Å². The van der Waals surface area contributed by atoms with Gasteiger partial charge in [0.2, 0.25) is 10.0 Å². The van der Waals surface area contributed by atoms with Crippen LogP contribution in [0.25, 0.3) is 11.3 Å². The van der Waals surface area contributed by atoms with Crippen molar-refractivity contribution in [2.75, 3.05) is 13.1 Å². The fourth-order valence-electron chi connectivity index (χ4n) is 3.38. The van der Waals surface area contributed by atoms with E-state index in [4.69, 9.17) is 0 Å². The largest absolute Gasteiger partial charge is 0.247 e. The lowest BCUT2D eigenvalue weighted by atomic mass is 10.2. The normalized spacial score (nSPS) is 18.1. The first-order valence-electron chi connectivity index (χ1n) is 8.69. The van der Waals surface area contributed by atoms with Gasteiger partial charge in [0.1, 0.15) is 11.5 Å². The van der Waals surface area contributed by atoms with Crippen molar-refractivity contribution in [2.45, 2.75) is 24.3 Å². The summed E-state index contributed by atoms with van der Waals surface area (Å²) >= 11 is 0. The molecule has 0 N–H and O–H groups in total. The van der Waals surface area contributed by atoms with Gasteiger partial charge in [-0.3, -0.25) is 0 Å². The van der Waals surface area contributed by atoms with Crippen LogP contribution >= 0.6 is 0 Å². The molecule has 1 fully saturated rings. The van der Waals surface area contributed by atoms with Crippen LogP contribution in [-0.2, 0) is 10.0 Å². The maximum atomic E-state index is 13.3. The van der Waals surface area contributed by atoms with Crippen molar-refractivity contribution in [3.8, 4) is 11.3 Å². The SMILES string of the molecule is Cc1cc(F)ccc1S(=O)(=O)N1CCC(n2cc(-c3ccccc3)nn2)C1. The number of halogens is 1. The third-order valence-electron chi connectivity index (χ3n) is 4.83. The second kappa shape index (κ2) is 6.86. The molecule has 0 aliphatic carbocycles. The van der Waals surface area contributed by atoms with E-state index in [1.165, 1.54) is 22.5 Å². The van der Waals surface area contributed by atoms with Gasteiger partial charge in [0, 0.05) is 18.7 Å². The van der Waals surface area contributed by atoms with E-state index in [1.54, 1.807) is 11.6 Å². The summed E-state index contributed by atoms with van der Waals surface area (Å²) in [4.78, 5) is 0.146. The summed E-state index contributed by atoms with van der Waals surface area (Å²) in [5.74, 6) is -0.443. The molecule has 6 nitrogen and oxygen atoms in total. The maximum absolute atomic E-state index is 13.3. The van der Waals surface area contributed by atoms with Crippen LogP contribution in [0.4, 0.5) is 4.39 Å². The van der Waals surface area contributed by atoms with Crippen LogP contribution in [0.5, 0.6) is 0 Å². The van der Waals surface area contributed by atoms with Crippen LogP contribution in [0, 0.1) is 12.7 Å². The molecule has 140 valence electrons. The van der Waals surface area contributed by atoms with Crippen LogP contribution in [0.3, 0.4) is 0 Å². The first kappa shape index (κ1) is 17.8. The van der Waals surface area contributed by atoms with Gasteiger partial charge in [0.25, 0.3) is 0 Å². The first-order valence-corrected chi connectivity index (χ1v) is 10.1. The van der Waals surface area contributed by atoms with Crippen molar-refractivity contribution in [3.63, 3.8) is 0 Å². The lowest BCUT2D eigenvalue weighted by Gasteiger charge is -2.18. The van der Waals surface area contributed by atoms with E-state index in [0.29, 0.717) is 25.1 Å². The van der Waals surface area contributed by atoms with Crippen LogP contribution in [0.15, 0.2) is 59.6 Å². The fourth-order valence-corrected chi connectivity index (χ4v) is 5.08. The van der Waals surface area contributed by atoms with Gasteiger partial charge in [-0.2, -0.15) is 4.31 Å². The molecule has 27 heavy (non-hydrogen) atoms. The highest BCUT2D eigenvalue weighted by Gasteiger charge is 2.34. The lowest BCUT2D eigenvalue weighted by Crippen LogP contribution is -2.30. The number of rotatable bonds is 4. The van der Waals surface area contributed by atoms with Gasteiger partial charge < -0.3 is 0 Å². The van der Waals surface area contributed by atoms with E-state index in [-0.39, 0.29) is 10.9 Å². The van der Waals surface area contributed by atoms with Gasteiger partial charge in [-0.1, -0.05) is 35.5 Å². The summed E-state index contributed by atoms with van der Waals surface area (Å²) in [7, 11) is -3.67. The van der Waals surface area contributed by atoms with Gasteiger partial charge in [-0.05, 0) is 37.1 Å². The van der Waals surface area contributed by atoms with Gasteiger partial charge in [0.05, 0.1) is 17.1 Å². The highest BCUT2D eigenvalue weighted by atomic mass is 32.2. The van der Waals surface area contributed by atoms with Gasteiger partial charge in [-0.25, -0.2) is 17.5 Å². The van der Waals surface area contributed by atoms with Crippen molar-refractivity contribution in [2.24, 2.45) is 0 Å². The number of hydrogen-bond donors (Lipinski definition) is 0. The Morgan fingerprint density at radius 2 is 1.93 bits per heavy atom. The van der Waals surface area contributed by atoms with Gasteiger partial charge in [0.15, 0.2) is 0 Å². The van der Waals surface area contributed by atoms with Crippen LogP contribution in [0.2, 0.25) is 0 Å². The molecule has 1 aliphatic heterocycles. The lowest BCUT2D eigenvalue weighted by molar-refractivity contribution is 0.428. The zero-order chi connectivity index (χ0) is 19.0. The van der Waals surface area contributed by atoms with Crippen molar-refractivity contribution >= 4 is 10.0 Å². The predicted molar refractivity (Wildman–Crippen MR) is 99.0 cm³/mol. The highest BCUT2D eigenvalue weighted by Crippen LogP contribution is 2.29. The molecule has 0 radical (unpaired) electrons. The molecule has 0 amide bonds. The third-order valence-corrected chi connectivity index (χ3v) is 6.86. The molecule has 2 aromatic carbocycles. The molecule has 1 aliphatic rings. The van der Waals surface area contributed by atoms with E-state index >= 15 is 0 Å². The van der Waals surface area contributed by atoms with Crippen molar-refractivity contribution in [3.05, 3.63) is 66.1 Å². The Morgan fingerprint density at radius 3 is 2.67 bits per heavy atom. The van der Waals surface area contributed by atoms with E-state index in [2.05, 4.69) is 10.3 Å². The van der Waals surface area contributed by atoms with Crippen molar-refractivity contribution in [1.82, 2.24) is 19.3 Å². The number of aryl methyl sites for hydroxylation is 1. The molecule has 2 heterocycles. The Kier molecular flexibility index (Phi) is 4.53. The average molecular weight is 386 g/mol.